The van der Waals surface area contributed by atoms with Crippen molar-refractivity contribution in [2.45, 2.75) is 37.2 Å². The van der Waals surface area contributed by atoms with Crippen LogP contribution in [0.4, 0.5) is 0 Å². The molecule has 1 aliphatic rings. The molecule has 1 saturated carbocycles. The number of hydrogen-bond acceptors (Lipinski definition) is 4. The number of likely N-dealkylation sites (N-methyl/N-ethyl adjacent to an activating group) is 1. The van der Waals surface area contributed by atoms with Crippen LogP contribution in [0.15, 0.2) is 17.2 Å². The van der Waals surface area contributed by atoms with E-state index in [9.17, 15) is 8.42 Å². The minimum absolute atomic E-state index is 0.380. The van der Waals surface area contributed by atoms with Gasteiger partial charge in [-0.3, -0.25) is 0 Å². The van der Waals surface area contributed by atoms with Gasteiger partial charge in [-0.2, -0.15) is 4.31 Å². The van der Waals surface area contributed by atoms with Crippen molar-refractivity contribution in [2.75, 3.05) is 33.9 Å². The quantitative estimate of drug-likeness (QED) is 0.744. The van der Waals surface area contributed by atoms with Gasteiger partial charge in [0.1, 0.15) is 4.90 Å². The SMILES string of the molecule is CCN(CCOC)S(=O)(=O)c1cc(CNC)n(C2CC2)c1. The van der Waals surface area contributed by atoms with E-state index in [1.807, 2.05) is 14.0 Å². The Bertz CT molecular complexity index is 564. The molecule has 21 heavy (non-hydrogen) atoms. The van der Waals surface area contributed by atoms with Gasteiger partial charge < -0.3 is 14.6 Å². The molecule has 0 spiro atoms. The van der Waals surface area contributed by atoms with Crippen LogP contribution in [0.5, 0.6) is 0 Å². The first-order valence-electron chi connectivity index (χ1n) is 7.39. The predicted octanol–water partition coefficient (Wildman–Crippen LogP) is 1.20. The van der Waals surface area contributed by atoms with E-state index < -0.39 is 10.0 Å². The minimum Gasteiger partial charge on any atom is -0.383 e. The van der Waals surface area contributed by atoms with Crippen LogP contribution in [0.25, 0.3) is 0 Å². The summed E-state index contributed by atoms with van der Waals surface area (Å²) in [5.74, 6) is 0. The van der Waals surface area contributed by atoms with Crippen molar-refractivity contribution in [3.63, 3.8) is 0 Å². The van der Waals surface area contributed by atoms with Crippen LogP contribution in [-0.2, 0) is 21.3 Å². The molecule has 1 heterocycles. The molecular formula is C14H25N3O3S. The number of methoxy groups -OCH3 is 1. The molecule has 7 heteroatoms. The Labute approximate surface area is 127 Å². The lowest BCUT2D eigenvalue weighted by Gasteiger charge is -2.19. The van der Waals surface area contributed by atoms with Gasteiger partial charge >= 0.3 is 0 Å². The van der Waals surface area contributed by atoms with E-state index in [4.69, 9.17) is 4.74 Å². The van der Waals surface area contributed by atoms with Crippen molar-refractivity contribution >= 4 is 10.0 Å². The van der Waals surface area contributed by atoms with Gasteiger partial charge in [-0.05, 0) is 26.0 Å². The lowest BCUT2D eigenvalue weighted by Crippen LogP contribution is -2.33. The van der Waals surface area contributed by atoms with Gasteiger partial charge in [0.2, 0.25) is 10.0 Å². The zero-order valence-corrected chi connectivity index (χ0v) is 13.8. The van der Waals surface area contributed by atoms with Gasteiger partial charge in [0.15, 0.2) is 0 Å². The van der Waals surface area contributed by atoms with Crippen molar-refractivity contribution in [3.05, 3.63) is 18.0 Å². The van der Waals surface area contributed by atoms with Gasteiger partial charge in [-0.25, -0.2) is 8.42 Å². The second-order valence-corrected chi connectivity index (χ2v) is 7.26. The summed E-state index contributed by atoms with van der Waals surface area (Å²) in [4.78, 5) is 0.387. The molecule has 0 radical (unpaired) electrons. The molecule has 1 aliphatic carbocycles. The highest BCUT2D eigenvalue weighted by Crippen LogP contribution is 2.37. The fourth-order valence-corrected chi connectivity index (χ4v) is 3.93. The van der Waals surface area contributed by atoms with Crippen molar-refractivity contribution in [1.82, 2.24) is 14.2 Å². The Hall–Kier alpha value is -0.890. The van der Waals surface area contributed by atoms with E-state index in [0.717, 1.165) is 18.5 Å². The number of nitrogens with one attached hydrogen (secondary N) is 1. The molecule has 0 unspecified atom stereocenters. The molecule has 0 saturated heterocycles. The summed E-state index contributed by atoms with van der Waals surface area (Å²) in [6.45, 7) is 3.75. The largest absolute Gasteiger partial charge is 0.383 e. The molecule has 0 amide bonds. The summed E-state index contributed by atoms with van der Waals surface area (Å²) in [5, 5.41) is 3.10. The lowest BCUT2D eigenvalue weighted by atomic mass is 10.4. The van der Waals surface area contributed by atoms with Gasteiger partial charge in [0, 0.05) is 44.7 Å². The maximum Gasteiger partial charge on any atom is 0.244 e. The number of sulfonamides is 1. The van der Waals surface area contributed by atoms with E-state index >= 15 is 0 Å². The summed E-state index contributed by atoms with van der Waals surface area (Å²) in [5.41, 5.74) is 1.03. The van der Waals surface area contributed by atoms with E-state index in [1.165, 1.54) is 4.31 Å². The molecule has 2 rings (SSSR count). The summed E-state index contributed by atoms with van der Waals surface area (Å²) in [6, 6.07) is 2.26. The average Bonchev–Trinajstić information content (AvgIpc) is 3.21. The molecule has 0 bridgehead atoms. The summed E-state index contributed by atoms with van der Waals surface area (Å²) in [7, 11) is 0.00443. The lowest BCUT2D eigenvalue weighted by molar-refractivity contribution is 0.180. The van der Waals surface area contributed by atoms with Gasteiger partial charge in [0.05, 0.1) is 6.61 Å². The molecule has 1 aromatic heterocycles. The zero-order chi connectivity index (χ0) is 15.5. The van der Waals surface area contributed by atoms with E-state index in [0.29, 0.717) is 37.2 Å². The van der Waals surface area contributed by atoms with Crippen LogP contribution in [0.2, 0.25) is 0 Å². The van der Waals surface area contributed by atoms with Crippen LogP contribution < -0.4 is 5.32 Å². The van der Waals surface area contributed by atoms with E-state index in [2.05, 4.69) is 9.88 Å². The standard InChI is InChI=1S/C14H25N3O3S/c1-4-16(7-8-20-3)21(18,19)14-9-13(10-15-2)17(11-14)12-5-6-12/h9,11-12,15H,4-8,10H2,1-3H3. The van der Waals surface area contributed by atoms with Crippen LogP contribution in [0.1, 0.15) is 31.5 Å². The van der Waals surface area contributed by atoms with Crippen molar-refractivity contribution in [1.29, 1.82) is 0 Å². The second kappa shape index (κ2) is 6.91. The highest BCUT2D eigenvalue weighted by molar-refractivity contribution is 7.89. The van der Waals surface area contributed by atoms with Crippen LogP contribution in [0.3, 0.4) is 0 Å². The van der Waals surface area contributed by atoms with Crippen molar-refractivity contribution < 1.29 is 13.2 Å². The zero-order valence-electron chi connectivity index (χ0n) is 13.0. The first-order chi connectivity index (χ1) is 10.0. The van der Waals surface area contributed by atoms with Crippen molar-refractivity contribution in [2.24, 2.45) is 0 Å². The van der Waals surface area contributed by atoms with Gasteiger partial charge in [0.25, 0.3) is 0 Å². The van der Waals surface area contributed by atoms with Crippen LogP contribution >= 0.6 is 0 Å². The first-order valence-corrected chi connectivity index (χ1v) is 8.83. The van der Waals surface area contributed by atoms with Crippen LogP contribution in [-0.4, -0.2) is 51.1 Å². The average molecular weight is 315 g/mol. The van der Waals surface area contributed by atoms with E-state index in [1.54, 1.807) is 19.4 Å². The Balaban J connectivity index is 2.28. The maximum absolute atomic E-state index is 12.7. The summed E-state index contributed by atoms with van der Waals surface area (Å²) < 4.78 is 34.0. The topological polar surface area (TPSA) is 63.6 Å². The fraction of sp³-hybridized carbons (Fsp3) is 0.714. The minimum atomic E-state index is -3.44. The highest BCUT2D eigenvalue weighted by atomic mass is 32.2. The third-order valence-corrected chi connectivity index (χ3v) is 5.68. The molecule has 0 aliphatic heterocycles. The van der Waals surface area contributed by atoms with Gasteiger partial charge in [-0.15, -0.1) is 0 Å². The number of nitrogens with zero attached hydrogens (tertiary/aromatic N) is 2. The fourth-order valence-electron chi connectivity index (χ4n) is 2.44. The van der Waals surface area contributed by atoms with Gasteiger partial charge in [-0.1, -0.05) is 6.92 Å². The molecule has 1 N–H and O–H groups in total. The first kappa shape index (κ1) is 16.5. The maximum atomic E-state index is 12.7. The molecule has 0 aromatic carbocycles. The smallest absolute Gasteiger partial charge is 0.244 e. The summed E-state index contributed by atoms with van der Waals surface area (Å²) in [6.07, 6.45) is 4.05. The normalized spacial score (nSPS) is 15.8. The number of aromatic nitrogens is 1. The van der Waals surface area contributed by atoms with Crippen LogP contribution in [0, 0.1) is 0 Å². The molecule has 1 aromatic rings. The molecule has 120 valence electrons. The predicted molar refractivity (Wildman–Crippen MR) is 81.8 cm³/mol. The second-order valence-electron chi connectivity index (χ2n) is 5.33. The number of rotatable bonds is 9. The molecular weight excluding hydrogens is 290 g/mol. The number of hydrogen-bond donors (Lipinski definition) is 1. The Morgan fingerprint density at radius 1 is 1.48 bits per heavy atom. The monoisotopic (exact) mass is 315 g/mol. The third kappa shape index (κ3) is 3.66. The third-order valence-electron chi connectivity index (χ3n) is 3.74. The highest BCUT2D eigenvalue weighted by Gasteiger charge is 2.30. The molecule has 1 fully saturated rings. The Morgan fingerprint density at radius 3 is 2.71 bits per heavy atom. The number of ether oxygens (including phenoxy) is 1. The summed E-state index contributed by atoms with van der Waals surface area (Å²) >= 11 is 0. The molecule has 6 nitrogen and oxygen atoms in total. The Morgan fingerprint density at radius 2 is 2.19 bits per heavy atom. The van der Waals surface area contributed by atoms with Crippen molar-refractivity contribution in [3.8, 4) is 0 Å². The molecule has 0 atom stereocenters. The Kier molecular flexibility index (Phi) is 5.43. The van der Waals surface area contributed by atoms with E-state index in [-0.39, 0.29) is 0 Å².